The van der Waals surface area contributed by atoms with Crippen LogP contribution in [0.1, 0.15) is 200 Å². The van der Waals surface area contributed by atoms with E-state index >= 15 is 0 Å². The standard InChI is InChI=1S/C36H70N2/c1-4-5-6-7-8-9-10-11-12-13-14-15-16-20-23-26-29-33-38-34-32-37-36(38)31-28-25-22-19-17-18-21-24-27-30-35(2)3/h32,34-35H,4-31,33H2,1-3H3/p+1. The maximum atomic E-state index is 3.51. The maximum Gasteiger partial charge on any atom is 0.254 e. The highest BCUT2D eigenvalue weighted by molar-refractivity contribution is 4.77. The van der Waals surface area contributed by atoms with Gasteiger partial charge in [0.15, 0.2) is 0 Å². The summed E-state index contributed by atoms with van der Waals surface area (Å²) in [6, 6.07) is 0. The van der Waals surface area contributed by atoms with E-state index in [0.717, 1.165) is 5.92 Å². The van der Waals surface area contributed by atoms with Gasteiger partial charge in [-0.3, -0.25) is 0 Å². The van der Waals surface area contributed by atoms with E-state index in [2.05, 4.69) is 42.7 Å². The predicted octanol–water partition coefficient (Wildman–Crippen LogP) is 12.1. The molecular formula is C36H71N2+. The molecule has 38 heavy (non-hydrogen) atoms. The van der Waals surface area contributed by atoms with Crippen molar-refractivity contribution in [3.8, 4) is 0 Å². The van der Waals surface area contributed by atoms with E-state index in [0.29, 0.717) is 0 Å². The fourth-order valence-electron chi connectivity index (χ4n) is 5.91. The largest absolute Gasteiger partial charge is 0.254 e. The van der Waals surface area contributed by atoms with Crippen molar-refractivity contribution in [3.63, 3.8) is 0 Å². The first-order valence-electron chi connectivity index (χ1n) is 17.8. The van der Waals surface area contributed by atoms with Crippen LogP contribution in [0.25, 0.3) is 0 Å². The van der Waals surface area contributed by atoms with Crippen LogP contribution in [-0.4, -0.2) is 4.98 Å². The molecule has 224 valence electrons. The minimum absolute atomic E-state index is 0.882. The lowest BCUT2D eigenvalue weighted by Gasteiger charge is -2.05. The zero-order valence-electron chi connectivity index (χ0n) is 26.7. The molecule has 0 saturated heterocycles. The highest BCUT2D eigenvalue weighted by Gasteiger charge is 2.09. The molecule has 0 aromatic carbocycles. The number of rotatable bonds is 30. The van der Waals surface area contributed by atoms with Gasteiger partial charge < -0.3 is 0 Å². The van der Waals surface area contributed by atoms with Gasteiger partial charge in [-0.05, 0) is 25.2 Å². The van der Waals surface area contributed by atoms with Crippen LogP contribution in [0, 0.1) is 5.92 Å². The summed E-state index contributed by atoms with van der Waals surface area (Å²) in [5.41, 5.74) is 0. The van der Waals surface area contributed by atoms with Crippen molar-refractivity contribution in [2.45, 2.75) is 207 Å². The van der Waals surface area contributed by atoms with Crippen LogP contribution in [0.15, 0.2) is 12.4 Å². The van der Waals surface area contributed by atoms with E-state index in [-0.39, 0.29) is 0 Å². The van der Waals surface area contributed by atoms with Gasteiger partial charge in [-0.15, -0.1) is 0 Å². The Morgan fingerprint density at radius 3 is 1.37 bits per heavy atom. The van der Waals surface area contributed by atoms with Crippen molar-refractivity contribution in [1.82, 2.24) is 4.98 Å². The highest BCUT2D eigenvalue weighted by atomic mass is 15.1. The molecule has 1 aromatic heterocycles. The summed E-state index contributed by atoms with van der Waals surface area (Å²) in [7, 11) is 0. The lowest BCUT2D eigenvalue weighted by molar-refractivity contribution is -0.703. The van der Waals surface area contributed by atoms with Gasteiger partial charge in [0.05, 0.1) is 6.54 Å². The Morgan fingerprint density at radius 2 is 0.921 bits per heavy atom. The zero-order valence-corrected chi connectivity index (χ0v) is 26.7. The molecule has 1 N–H and O–H groups in total. The molecule has 1 heterocycles. The molecule has 1 rings (SSSR count). The molecule has 0 atom stereocenters. The third kappa shape index (κ3) is 23.1. The van der Waals surface area contributed by atoms with Crippen molar-refractivity contribution in [1.29, 1.82) is 0 Å². The molecular weight excluding hydrogens is 460 g/mol. The van der Waals surface area contributed by atoms with Crippen LogP contribution in [0.4, 0.5) is 0 Å². The molecule has 1 aromatic rings. The van der Waals surface area contributed by atoms with Crippen molar-refractivity contribution in [2.75, 3.05) is 0 Å². The van der Waals surface area contributed by atoms with Crippen LogP contribution in [0.3, 0.4) is 0 Å². The number of imidazole rings is 1. The monoisotopic (exact) mass is 532 g/mol. The van der Waals surface area contributed by atoms with Gasteiger partial charge in [0.25, 0.3) is 5.82 Å². The topological polar surface area (TPSA) is 19.7 Å². The molecule has 0 aliphatic rings. The number of hydrogen-bond donors (Lipinski definition) is 1. The first-order valence-corrected chi connectivity index (χ1v) is 17.8. The summed E-state index contributed by atoms with van der Waals surface area (Å²) < 4.78 is 2.49. The Morgan fingerprint density at radius 1 is 0.526 bits per heavy atom. The number of H-pyrrole nitrogens is 1. The molecule has 0 fully saturated rings. The van der Waals surface area contributed by atoms with Gasteiger partial charge in [0, 0.05) is 6.42 Å². The van der Waals surface area contributed by atoms with Gasteiger partial charge in [0.2, 0.25) is 0 Å². The summed E-state index contributed by atoms with van der Waals surface area (Å²) in [5, 5.41) is 0. The number of aromatic nitrogens is 2. The van der Waals surface area contributed by atoms with Gasteiger partial charge in [0.1, 0.15) is 12.4 Å². The van der Waals surface area contributed by atoms with E-state index in [1.165, 1.54) is 192 Å². The second-order valence-corrected chi connectivity index (χ2v) is 12.9. The molecule has 0 bridgehead atoms. The van der Waals surface area contributed by atoms with Gasteiger partial charge in [-0.1, -0.05) is 175 Å². The van der Waals surface area contributed by atoms with Crippen molar-refractivity contribution >= 4 is 0 Å². The Labute approximate surface area is 240 Å². The lowest BCUT2D eigenvalue weighted by atomic mass is 10.0. The third-order valence-corrected chi connectivity index (χ3v) is 8.55. The van der Waals surface area contributed by atoms with E-state index in [1.54, 1.807) is 0 Å². The van der Waals surface area contributed by atoms with E-state index in [4.69, 9.17) is 0 Å². The van der Waals surface area contributed by atoms with E-state index in [9.17, 15) is 0 Å². The Kier molecular flexibility index (Phi) is 25.7. The molecule has 0 unspecified atom stereocenters. The van der Waals surface area contributed by atoms with Crippen molar-refractivity contribution in [2.24, 2.45) is 5.92 Å². The molecule has 2 nitrogen and oxygen atoms in total. The summed E-state index contributed by atoms with van der Waals surface area (Å²) in [6.07, 6.45) is 44.5. The van der Waals surface area contributed by atoms with Gasteiger partial charge in [-0.2, -0.15) is 0 Å². The molecule has 0 spiro atoms. The first kappa shape index (κ1) is 35.2. The average molecular weight is 532 g/mol. The maximum absolute atomic E-state index is 3.51. The fourth-order valence-corrected chi connectivity index (χ4v) is 5.91. The minimum atomic E-state index is 0.882. The van der Waals surface area contributed by atoms with Crippen LogP contribution in [0.2, 0.25) is 0 Å². The normalized spacial score (nSPS) is 11.7. The van der Waals surface area contributed by atoms with Crippen LogP contribution < -0.4 is 4.57 Å². The Bertz CT molecular complexity index is 576. The number of aryl methyl sites for hydroxylation is 2. The van der Waals surface area contributed by atoms with Crippen molar-refractivity contribution < 1.29 is 4.57 Å². The number of aromatic amines is 1. The molecule has 2 heteroatoms. The zero-order chi connectivity index (χ0) is 27.4. The first-order chi connectivity index (χ1) is 18.7. The van der Waals surface area contributed by atoms with Crippen LogP contribution in [-0.2, 0) is 13.0 Å². The SMILES string of the molecule is CCCCCCCCCCCCCCCCCCC[n+]1cc[nH]c1CCCCCCCCCCCC(C)C. The summed E-state index contributed by atoms with van der Waals surface area (Å²) >= 11 is 0. The van der Waals surface area contributed by atoms with Gasteiger partial charge >= 0.3 is 0 Å². The minimum Gasteiger partial charge on any atom is -0.248 e. The quantitative estimate of drug-likeness (QED) is 0.0752. The average Bonchev–Trinajstić information content (AvgIpc) is 3.36. The highest BCUT2D eigenvalue weighted by Crippen LogP contribution is 2.15. The summed E-state index contributed by atoms with van der Waals surface area (Å²) in [4.78, 5) is 3.51. The molecule has 0 radical (unpaired) electrons. The smallest absolute Gasteiger partial charge is 0.248 e. The molecule has 0 aliphatic heterocycles. The number of nitrogens with zero attached hydrogens (tertiary/aromatic N) is 1. The van der Waals surface area contributed by atoms with E-state index in [1.807, 2.05) is 0 Å². The van der Waals surface area contributed by atoms with E-state index < -0.39 is 0 Å². The Balaban J connectivity index is 1.84. The molecule has 0 aliphatic carbocycles. The van der Waals surface area contributed by atoms with Crippen LogP contribution in [0.5, 0.6) is 0 Å². The summed E-state index contributed by atoms with van der Waals surface area (Å²) in [6.45, 7) is 8.20. The summed E-state index contributed by atoms with van der Waals surface area (Å²) in [5.74, 6) is 2.33. The second kappa shape index (κ2) is 27.8. The third-order valence-electron chi connectivity index (χ3n) is 8.55. The molecule has 0 saturated carbocycles. The lowest BCUT2D eigenvalue weighted by Crippen LogP contribution is -2.36. The van der Waals surface area contributed by atoms with Gasteiger partial charge in [-0.25, -0.2) is 9.55 Å². The predicted molar refractivity (Wildman–Crippen MR) is 170 cm³/mol. The van der Waals surface area contributed by atoms with Crippen LogP contribution >= 0.6 is 0 Å². The Hall–Kier alpha value is -0.790. The second-order valence-electron chi connectivity index (χ2n) is 12.9. The number of hydrogen-bond acceptors (Lipinski definition) is 0. The fraction of sp³-hybridized carbons (Fsp3) is 0.917. The number of nitrogens with one attached hydrogen (secondary N) is 1. The van der Waals surface area contributed by atoms with Crippen molar-refractivity contribution in [3.05, 3.63) is 18.2 Å². The number of unbranched alkanes of at least 4 members (excludes halogenated alkanes) is 24. The molecule has 0 amide bonds.